The van der Waals surface area contributed by atoms with Gasteiger partial charge in [0.25, 0.3) is 0 Å². The molecular weight excluding hydrogens is 256 g/mol. The molecule has 0 saturated heterocycles. The molecule has 0 bridgehead atoms. The first kappa shape index (κ1) is 10.1. The van der Waals surface area contributed by atoms with Crippen molar-refractivity contribution in [2.75, 3.05) is 0 Å². The number of carbonyl (C=O) groups is 1. The number of Topliss-reactive ketones (excluding diaryl/α,β-unsaturated/α-hetero) is 1. The Labute approximate surface area is 95.9 Å². The van der Waals surface area contributed by atoms with E-state index in [9.17, 15) is 4.79 Å². The molecule has 0 fully saturated rings. The van der Waals surface area contributed by atoms with Gasteiger partial charge >= 0.3 is 0 Å². The maximum Gasteiger partial charge on any atom is 0.195 e. The highest BCUT2D eigenvalue weighted by molar-refractivity contribution is 9.10. The van der Waals surface area contributed by atoms with Gasteiger partial charge in [-0.2, -0.15) is 0 Å². The highest BCUT2D eigenvalue weighted by Crippen LogP contribution is 2.15. The Morgan fingerprint density at radius 2 is 2.00 bits per heavy atom. The highest BCUT2D eigenvalue weighted by Gasteiger charge is 2.08. The van der Waals surface area contributed by atoms with Gasteiger partial charge in [0.05, 0.1) is 0 Å². The van der Waals surface area contributed by atoms with Crippen molar-refractivity contribution >= 4 is 21.7 Å². The average Bonchev–Trinajstić information content (AvgIpc) is 2.67. The Bertz CT molecular complexity index is 488. The van der Waals surface area contributed by atoms with Crippen molar-refractivity contribution in [2.24, 2.45) is 0 Å². The van der Waals surface area contributed by atoms with Crippen molar-refractivity contribution in [1.82, 2.24) is 9.55 Å². The molecule has 1 aromatic heterocycles. The van der Waals surface area contributed by atoms with E-state index in [1.54, 1.807) is 17.0 Å². The first-order valence-corrected chi connectivity index (χ1v) is 5.28. The summed E-state index contributed by atoms with van der Waals surface area (Å²) in [6.07, 6.45) is 3.40. The summed E-state index contributed by atoms with van der Waals surface area (Å²) >= 11 is 3.36. The maximum atomic E-state index is 11.3. The average molecular weight is 265 g/mol. The number of halogens is 1. The van der Waals surface area contributed by atoms with Crippen LogP contribution in [-0.2, 0) is 0 Å². The van der Waals surface area contributed by atoms with Gasteiger partial charge in [-0.05, 0) is 24.3 Å². The van der Waals surface area contributed by atoms with E-state index < -0.39 is 0 Å². The van der Waals surface area contributed by atoms with Gasteiger partial charge in [-0.25, -0.2) is 4.98 Å². The van der Waals surface area contributed by atoms with Gasteiger partial charge < -0.3 is 0 Å². The Balaban J connectivity index is 2.49. The minimum atomic E-state index is -0.0390. The number of hydrogen-bond acceptors (Lipinski definition) is 2. The Hall–Kier alpha value is -1.42. The lowest BCUT2D eigenvalue weighted by Gasteiger charge is -2.05. The summed E-state index contributed by atoms with van der Waals surface area (Å²) in [6.45, 7) is 1.51. The number of benzene rings is 1. The second-order valence-electron chi connectivity index (χ2n) is 3.15. The largest absolute Gasteiger partial charge is 0.297 e. The van der Waals surface area contributed by atoms with Crippen LogP contribution in [-0.4, -0.2) is 15.3 Å². The first-order valence-electron chi connectivity index (χ1n) is 4.49. The summed E-state index contributed by atoms with van der Waals surface area (Å²) in [5.74, 6) is 0.417. The molecule has 0 aliphatic heterocycles. The molecule has 0 radical (unpaired) electrons. The maximum absolute atomic E-state index is 11.3. The fraction of sp³-hybridized carbons (Fsp3) is 0.0909. The van der Waals surface area contributed by atoms with Crippen LogP contribution >= 0.6 is 15.9 Å². The van der Waals surface area contributed by atoms with Crippen LogP contribution in [0.3, 0.4) is 0 Å². The van der Waals surface area contributed by atoms with Gasteiger partial charge in [0, 0.05) is 29.5 Å². The fourth-order valence-electron chi connectivity index (χ4n) is 1.37. The van der Waals surface area contributed by atoms with Gasteiger partial charge in [-0.15, -0.1) is 0 Å². The molecule has 0 saturated carbocycles. The molecule has 4 heteroatoms. The summed E-state index contributed by atoms with van der Waals surface area (Å²) in [5, 5.41) is 0. The Morgan fingerprint density at radius 1 is 1.33 bits per heavy atom. The van der Waals surface area contributed by atoms with E-state index in [0.29, 0.717) is 5.82 Å². The van der Waals surface area contributed by atoms with Gasteiger partial charge in [0.15, 0.2) is 11.6 Å². The van der Waals surface area contributed by atoms with Crippen molar-refractivity contribution < 1.29 is 4.79 Å². The lowest BCUT2D eigenvalue weighted by atomic mass is 10.3. The fourth-order valence-corrected chi connectivity index (χ4v) is 1.64. The molecule has 15 heavy (non-hydrogen) atoms. The molecule has 76 valence electrons. The van der Waals surface area contributed by atoms with Crippen molar-refractivity contribution in [3.63, 3.8) is 0 Å². The van der Waals surface area contributed by atoms with E-state index in [1.807, 2.05) is 24.3 Å². The summed E-state index contributed by atoms with van der Waals surface area (Å²) in [7, 11) is 0. The van der Waals surface area contributed by atoms with Crippen LogP contribution in [0.4, 0.5) is 0 Å². The van der Waals surface area contributed by atoms with Crippen LogP contribution in [0.15, 0.2) is 41.1 Å². The summed E-state index contributed by atoms with van der Waals surface area (Å²) < 4.78 is 2.78. The van der Waals surface area contributed by atoms with E-state index in [0.717, 1.165) is 10.2 Å². The Morgan fingerprint density at radius 3 is 2.60 bits per heavy atom. The van der Waals surface area contributed by atoms with Crippen LogP contribution < -0.4 is 0 Å². The monoisotopic (exact) mass is 264 g/mol. The quantitative estimate of drug-likeness (QED) is 0.782. The molecule has 2 aromatic rings. The smallest absolute Gasteiger partial charge is 0.195 e. The molecule has 2 rings (SSSR count). The van der Waals surface area contributed by atoms with E-state index in [1.165, 1.54) is 6.92 Å². The predicted octanol–water partition coefficient (Wildman–Crippen LogP) is 2.84. The number of rotatable bonds is 2. The van der Waals surface area contributed by atoms with Crippen molar-refractivity contribution in [2.45, 2.75) is 6.92 Å². The normalized spacial score (nSPS) is 10.3. The van der Waals surface area contributed by atoms with Crippen LogP contribution in [0.5, 0.6) is 0 Å². The zero-order chi connectivity index (χ0) is 10.8. The first-order chi connectivity index (χ1) is 7.18. The number of hydrogen-bond donors (Lipinski definition) is 0. The van der Waals surface area contributed by atoms with E-state index in [4.69, 9.17) is 0 Å². The molecule has 0 unspecified atom stereocenters. The van der Waals surface area contributed by atoms with Crippen LogP contribution in [0.2, 0.25) is 0 Å². The lowest BCUT2D eigenvalue weighted by molar-refractivity contribution is 0.100. The third kappa shape index (κ3) is 1.99. The molecular formula is C11H9BrN2O. The third-order valence-electron chi connectivity index (χ3n) is 2.06. The molecule has 0 spiro atoms. The Kier molecular flexibility index (Phi) is 2.68. The summed E-state index contributed by atoms with van der Waals surface area (Å²) in [4.78, 5) is 15.3. The second-order valence-corrected chi connectivity index (χ2v) is 4.07. The second kappa shape index (κ2) is 3.98. The van der Waals surface area contributed by atoms with Gasteiger partial charge in [-0.3, -0.25) is 9.36 Å². The molecule has 0 aliphatic rings. The molecule has 0 atom stereocenters. The topological polar surface area (TPSA) is 34.9 Å². The molecule has 0 amide bonds. The zero-order valence-electron chi connectivity index (χ0n) is 8.14. The van der Waals surface area contributed by atoms with Crippen molar-refractivity contribution in [1.29, 1.82) is 0 Å². The molecule has 0 aliphatic carbocycles. The molecule has 3 nitrogen and oxygen atoms in total. The molecule has 0 N–H and O–H groups in total. The molecule has 1 heterocycles. The van der Waals surface area contributed by atoms with E-state index in [-0.39, 0.29) is 5.78 Å². The van der Waals surface area contributed by atoms with Crippen molar-refractivity contribution in [3.05, 3.63) is 47.0 Å². The highest BCUT2D eigenvalue weighted by atomic mass is 79.9. The summed E-state index contributed by atoms with van der Waals surface area (Å²) in [6, 6.07) is 7.72. The third-order valence-corrected chi connectivity index (χ3v) is 2.59. The van der Waals surface area contributed by atoms with E-state index >= 15 is 0 Å². The summed E-state index contributed by atoms with van der Waals surface area (Å²) in [5.41, 5.74) is 0.931. The van der Waals surface area contributed by atoms with Gasteiger partial charge in [0.1, 0.15) is 0 Å². The standard InChI is InChI=1S/C11H9BrN2O/c1-8(15)11-13-6-7-14(11)10-4-2-9(12)3-5-10/h2-7H,1H3. The number of nitrogens with zero attached hydrogens (tertiary/aromatic N) is 2. The zero-order valence-corrected chi connectivity index (χ0v) is 9.73. The number of aromatic nitrogens is 2. The number of carbonyl (C=O) groups excluding carboxylic acids is 1. The minimum Gasteiger partial charge on any atom is -0.297 e. The predicted molar refractivity (Wildman–Crippen MR) is 61.3 cm³/mol. The van der Waals surface area contributed by atoms with Crippen molar-refractivity contribution in [3.8, 4) is 5.69 Å². The van der Waals surface area contributed by atoms with Gasteiger partial charge in [0.2, 0.25) is 0 Å². The minimum absolute atomic E-state index is 0.0390. The van der Waals surface area contributed by atoms with Crippen LogP contribution in [0.25, 0.3) is 5.69 Å². The van der Waals surface area contributed by atoms with Crippen LogP contribution in [0, 0.1) is 0 Å². The van der Waals surface area contributed by atoms with E-state index in [2.05, 4.69) is 20.9 Å². The lowest BCUT2D eigenvalue weighted by Crippen LogP contribution is -2.04. The number of ketones is 1. The SMILES string of the molecule is CC(=O)c1nccn1-c1ccc(Br)cc1. The number of imidazole rings is 1. The van der Waals surface area contributed by atoms with Gasteiger partial charge in [-0.1, -0.05) is 15.9 Å². The van der Waals surface area contributed by atoms with Crippen LogP contribution in [0.1, 0.15) is 17.5 Å². The molecule has 1 aromatic carbocycles.